The summed E-state index contributed by atoms with van der Waals surface area (Å²) >= 11 is 11.9. The van der Waals surface area contributed by atoms with Gasteiger partial charge < -0.3 is 0 Å². The first-order valence-corrected chi connectivity index (χ1v) is 9.14. The summed E-state index contributed by atoms with van der Waals surface area (Å²) in [5.41, 5.74) is 1.47. The monoisotopic (exact) mass is 335 g/mol. The average Bonchev–Trinajstić information content (AvgIpc) is 2.89. The summed E-state index contributed by atoms with van der Waals surface area (Å²) in [6.07, 6.45) is 2.68. The second-order valence-corrected chi connectivity index (χ2v) is 7.70. The Bertz CT molecular complexity index is 601. The highest BCUT2D eigenvalue weighted by molar-refractivity contribution is 7.89. The fourth-order valence-corrected chi connectivity index (χ4v) is 5.42. The molecule has 1 aromatic carbocycles. The normalized spacial score (nSPS) is 20.5. The van der Waals surface area contributed by atoms with Crippen LogP contribution >= 0.6 is 23.2 Å². The van der Waals surface area contributed by atoms with Crippen LogP contribution in [0.2, 0.25) is 5.02 Å². The molecule has 0 spiro atoms. The van der Waals surface area contributed by atoms with Gasteiger partial charge in [0.2, 0.25) is 10.0 Å². The first kappa shape index (κ1) is 16.1. The molecule has 112 valence electrons. The highest BCUT2D eigenvalue weighted by Crippen LogP contribution is 2.32. The van der Waals surface area contributed by atoms with Gasteiger partial charge in [-0.25, -0.2) is 8.42 Å². The van der Waals surface area contributed by atoms with Crippen LogP contribution in [0.25, 0.3) is 0 Å². The van der Waals surface area contributed by atoms with Crippen molar-refractivity contribution in [2.45, 2.75) is 49.9 Å². The van der Waals surface area contributed by atoms with Gasteiger partial charge in [0, 0.05) is 23.5 Å². The number of rotatable bonds is 4. The van der Waals surface area contributed by atoms with Crippen molar-refractivity contribution in [3.63, 3.8) is 0 Å². The standard InChI is InChI=1S/C14H19Cl2NO2S/c1-3-13-5-4-6-17(13)20(18,19)14-8-12(16)7-11(9-15)10(14)2/h7-8,13H,3-6,9H2,1-2H3. The van der Waals surface area contributed by atoms with Gasteiger partial charge in [0.05, 0.1) is 4.90 Å². The smallest absolute Gasteiger partial charge is 0.207 e. The van der Waals surface area contributed by atoms with Crippen LogP contribution < -0.4 is 0 Å². The van der Waals surface area contributed by atoms with Gasteiger partial charge in [0.25, 0.3) is 0 Å². The summed E-state index contributed by atoms with van der Waals surface area (Å²) in [5.74, 6) is 0.256. The third-order valence-electron chi connectivity index (χ3n) is 3.96. The fourth-order valence-electron chi connectivity index (χ4n) is 2.77. The summed E-state index contributed by atoms with van der Waals surface area (Å²) in [4.78, 5) is 0.293. The minimum absolute atomic E-state index is 0.0952. The minimum Gasteiger partial charge on any atom is -0.207 e. The molecule has 0 saturated carbocycles. The number of benzene rings is 1. The van der Waals surface area contributed by atoms with Gasteiger partial charge in [-0.15, -0.1) is 11.6 Å². The van der Waals surface area contributed by atoms with Gasteiger partial charge in [-0.05, 0) is 49.4 Å². The van der Waals surface area contributed by atoms with Crippen LogP contribution in [0.15, 0.2) is 17.0 Å². The van der Waals surface area contributed by atoms with Crippen molar-refractivity contribution in [3.8, 4) is 0 Å². The van der Waals surface area contributed by atoms with Crippen molar-refractivity contribution in [3.05, 3.63) is 28.3 Å². The molecule has 1 unspecified atom stereocenters. The molecule has 6 heteroatoms. The summed E-state index contributed by atoms with van der Waals surface area (Å²) < 4.78 is 27.4. The van der Waals surface area contributed by atoms with E-state index < -0.39 is 10.0 Å². The van der Waals surface area contributed by atoms with Crippen LogP contribution in [0.3, 0.4) is 0 Å². The van der Waals surface area contributed by atoms with E-state index in [1.807, 2.05) is 6.92 Å². The Balaban J connectivity index is 2.52. The third kappa shape index (κ3) is 2.84. The van der Waals surface area contributed by atoms with Gasteiger partial charge in [-0.1, -0.05) is 18.5 Å². The molecule has 0 bridgehead atoms. The highest BCUT2D eigenvalue weighted by Gasteiger charge is 2.35. The van der Waals surface area contributed by atoms with E-state index in [4.69, 9.17) is 23.2 Å². The Morgan fingerprint density at radius 1 is 1.40 bits per heavy atom. The summed E-state index contributed by atoms with van der Waals surface area (Å²) in [7, 11) is -3.50. The third-order valence-corrected chi connectivity index (χ3v) is 6.54. The molecule has 0 aromatic heterocycles. The molecule has 0 amide bonds. The SMILES string of the molecule is CCC1CCCN1S(=O)(=O)c1cc(Cl)cc(CCl)c1C. The maximum absolute atomic E-state index is 12.9. The second-order valence-electron chi connectivity index (χ2n) is 5.14. The molecular weight excluding hydrogens is 317 g/mol. The van der Waals surface area contributed by atoms with Gasteiger partial charge >= 0.3 is 0 Å². The number of alkyl halides is 1. The molecule has 3 nitrogen and oxygen atoms in total. The predicted molar refractivity (Wildman–Crippen MR) is 83.0 cm³/mol. The average molecular weight is 336 g/mol. The van der Waals surface area contributed by atoms with Crippen molar-refractivity contribution >= 4 is 33.2 Å². The molecule has 1 atom stereocenters. The van der Waals surface area contributed by atoms with Crippen molar-refractivity contribution < 1.29 is 8.42 Å². The lowest BCUT2D eigenvalue weighted by Crippen LogP contribution is -2.35. The summed E-state index contributed by atoms with van der Waals surface area (Å²) in [6.45, 7) is 4.40. The molecular formula is C14H19Cl2NO2S. The first-order chi connectivity index (χ1) is 9.41. The molecule has 2 rings (SSSR count). The molecule has 1 fully saturated rings. The molecule has 1 aromatic rings. The first-order valence-electron chi connectivity index (χ1n) is 6.78. The number of hydrogen-bond acceptors (Lipinski definition) is 2. The zero-order valence-electron chi connectivity index (χ0n) is 11.7. The molecule has 20 heavy (non-hydrogen) atoms. The van der Waals surface area contributed by atoms with Gasteiger partial charge in [-0.3, -0.25) is 0 Å². The van der Waals surface area contributed by atoms with Crippen LogP contribution in [0.5, 0.6) is 0 Å². The van der Waals surface area contributed by atoms with Gasteiger partial charge in [0.15, 0.2) is 0 Å². The lowest BCUT2D eigenvalue weighted by atomic mass is 10.1. The number of hydrogen-bond donors (Lipinski definition) is 0. The Labute approximate surface area is 130 Å². The van der Waals surface area contributed by atoms with E-state index >= 15 is 0 Å². The molecule has 0 N–H and O–H groups in total. The van der Waals surface area contributed by atoms with E-state index in [1.165, 1.54) is 6.07 Å². The van der Waals surface area contributed by atoms with Crippen molar-refractivity contribution in [2.24, 2.45) is 0 Å². The van der Waals surface area contributed by atoms with E-state index in [9.17, 15) is 8.42 Å². The van der Waals surface area contributed by atoms with Crippen molar-refractivity contribution in [1.82, 2.24) is 4.31 Å². The second kappa shape index (κ2) is 6.22. The van der Waals surface area contributed by atoms with E-state index in [2.05, 4.69) is 0 Å². The van der Waals surface area contributed by atoms with Gasteiger partial charge in [0.1, 0.15) is 0 Å². The Morgan fingerprint density at radius 2 is 2.10 bits per heavy atom. The highest BCUT2D eigenvalue weighted by atomic mass is 35.5. The summed E-state index contributed by atoms with van der Waals surface area (Å²) in [6, 6.07) is 3.36. The molecule has 1 aliphatic rings. The Morgan fingerprint density at radius 3 is 2.70 bits per heavy atom. The van der Waals surface area contributed by atoms with Crippen LogP contribution in [0.4, 0.5) is 0 Å². The van der Waals surface area contributed by atoms with Crippen molar-refractivity contribution in [1.29, 1.82) is 0 Å². The number of nitrogens with zero attached hydrogens (tertiary/aromatic N) is 1. The quantitative estimate of drug-likeness (QED) is 0.781. The lowest BCUT2D eigenvalue weighted by Gasteiger charge is -2.24. The maximum atomic E-state index is 12.9. The van der Waals surface area contributed by atoms with E-state index in [1.54, 1.807) is 17.3 Å². The summed E-state index contributed by atoms with van der Waals surface area (Å²) in [5, 5.41) is 0.414. The Hall–Kier alpha value is -0.290. The topological polar surface area (TPSA) is 37.4 Å². The molecule has 1 aliphatic heterocycles. The maximum Gasteiger partial charge on any atom is 0.243 e. The zero-order chi connectivity index (χ0) is 14.9. The minimum atomic E-state index is -3.50. The molecule has 1 saturated heterocycles. The van der Waals surface area contributed by atoms with E-state index in [0.29, 0.717) is 22.0 Å². The molecule has 0 aliphatic carbocycles. The lowest BCUT2D eigenvalue weighted by molar-refractivity contribution is 0.379. The van der Waals surface area contributed by atoms with Crippen LogP contribution in [-0.4, -0.2) is 25.3 Å². The van der Waals surface area contributed by atoms with E-state index in [0.717, 1.165) is 24.8 Å². The van der Waals surface area contributed by atoms with E-state index in [-0.39, 0.29) is 11.9 Å². The largest absolute Gasteiger partial charge is 0.243 e. The molecule has 0 radical (unpaired) electrons. The zero-order valence-corrected chi connectivity index (χ0v) is 14.0. The fraction of sp³-hybridized carbons (Fsp3) is 0.571. The van der Waals surface area contributed by atoms with Crippen LogP contribution in [-0.2, 0) is 15.9 Å². The molecule has 1 heterocycles. The van der Waals surface area contributed by atoms with Crippen LogP contribution in [0, 0.1) is 6.92 Å². The number of sulfonamides is 1. The van der Waals surface area contributed by atoms with Gasteiger partial charge in [-0.2, -0.15) is 4.31 Å². The number of halogens is 2. The van der Waals surface area contributed by atoms with Crippen molar-refractivity contribution in [2.75, 3.05) is 6.54 Å². The van der Waals surface area contributed by atoms with Crippen LogP contribution in [0.1, 0.15) is 37.3 Å². The Kier molecular flexibility index (Phi) is 5.00. The predicted octanol–water partition coefficient (Wildman–Crippen LogP) is 3.95.